The lowest BCUT2D eigenvalue weighted by Gasteiger charge is -2.15. The van der Waals surface area contributed by atoms with Gasteiger partial charge in [0, 0.05) is 11.7 Å². The van der Waals surface area contributed by atoms with Gasteiger partial charge in [-0.15, -0.1) is 0 Å². The van der Waals surface area contributed by atoms with Crippen molar-refractivity contribution in [2.45, 2.75) is 25.5 Å². The SMILES string of the molecule is CCS[C@H](CC(C)=O)c1ccc(Cl)c(Cl)c1. The molecule has 16 heavy (non-hydrogen) atoms. The maximum atomic E-state index is 11.2. The van der Waals surface area contributed by atoms with Gasteiger partial charge in [0.05, 0.1) is 10.0 Å². The van der Waals surface area contributed by atoms with Gasteiger partial charge in [-0.2, -0.15) is 11.8 Å². The summed E-state index contributed by atoms with van der Waals surface area (Å²) in [6, 6.07) is 5.56. The van der Waals surface area contributed by atoms with E-state index >= 15 is 0 Å². The number of ketones is 1. The molecule has 4 heteroatoms. The van der Waals surface area contributed by atoms with E-state index in [0.29, 0.717) is 16.5 Å². The first-order valence-electron chi connectivity index (χ1n) is 5.10. The molecule has 0 aromatic heterocycles. The predicted molar refractivity (Wildman–Crippen MR) is 72.6 cm³/mol. The van der Waals surface area contributed by atoms with Crippen molar-refractivity contribution >= 4 is 40.7 Å². The fraction of sp³-hybridized carbons (Fsp3) is 0.417. The molecule has 0 saturated carbocycles. The molecule has 88 valence electrons. The van der Waals surface area contributed by atoms with E-state index in [-0.39, 0.29) is 11.0 Å². The van der Waals surface area contributed by atoms with Gasteiger partial charge in [-0.1, -0.05) is 36.2 Å². The molecule has 0 aliphatic carbocycles. The van der Waals surface area contributed by atoms with Crippen LogP contribution in [0.3, 0.4) is 0 Å². The van der Waals surface area contributed by atoms with Crippen LogP contribution in [0.2, 0.25) is 10.0 Å². The van der Waals surface area contributed by atoms with Gasteiger partial charge in [-0.25, -0.2) is 0 Å². The Labute approximate surface area is 111 Å². The molecule has 1 nitrogen and oxygen atoms in total. The van der Waals surface area contributed by atoms with Gasteiger partial charge < -0.3 is 0 Å². The van der Waals surface area contributed by atoms with Gasteiger partial charge in [0.25, 0.3) is 0 Å². The van der Waals surface area contributed by atoms with Crippen LogP contribution in [0.15, 0.2) is 18.2 Å². The standard InChI is InChI=1S/C12H14Cl2OS/c1-3-16-12(6-8(2)15)9-4-5-10(13)11(14)7-9/h4-5,7,12H,3,6H2,1-2H3/t12-/m1/s1. The number of benzene rings is 1. The van der Waals surface area contributed by atoms with Crippen molar-refractivity contribution in [3.63, 3.8) is 0 Å². The van der Waals surface area contributed by atoms with Crippen molar-refractivity contribution < 1.29 is 4.79 Å². The van der Waals surface area contributed by atoms with E-state index in [1.807, 2.05) is 12.1 Å². The van der Waals surface area contributed by atoms with Crippen molar-refractivity contribution in [1.29, 1.82) is 0 Å². The lowest BCUT2D eigenvalue weighted by atomic mass is 10.1. The largest absolute Gasteiger partial charge is 0.300 e. The van der Waals surface area contributed by atoms with Crippen LogP contribution in [0.5, 0.6) is 0 Å². The molecular weight excluding hydrogens is 263 g/mol. The molecule has 0 radical (unpaired) electrons. The van der Waals surface area contributed by atoms with Crippen LogP contribution in [0.25, 0.3) is 0 Å². The molecular formula is C12H14Cl2OS. The summed E-state index contributed by atoms with van der Waals surface area (Å²) in [5.41, 5.74) is 1.07. The van der Waals surface area contributed by atoms with E-state index in [2.05, 4.69) is 6.92 Å². The van der Waals surface area contributed by atoms with Gasteiger partial charge >= 0.3 is 0 Å². The molecule has 0 spiro atoms. The van der Waals surface area contributed by atoms with E-state index in [0.717, 1.165) is 11.3 Å². The monoisotopic (exact) mass is 276 g/mol. The topological polar surface area (TPSA) is 17.1 Å². The third-order valence-electron chi connectivity index (χ3n) is 2.16. The van der Waals surface area contributed by atoms with E-state index in [4.69, 9.17) is 23.2 Å². The van der Waals surface area contributed by atoms with Crippen LogP contribution in [0, 0.1) is 0 Å². The van der Waals surface area contributed by atoms with Crippen LogP contribution in [0.1, 0.15) is 31.1 Å². The minimum absolute atomic E-state index is 0.178. The number of halogens is 2. The summed E-state index contributed by atoms with van der Waals surface area (Å²) in [7, 11) is 0. The fourth-order valence-electron chi connectivity index (χ4n) is 1.45. The fourth-order valence-corrected chi connectivity index (χ4v) is 2.85. The van der Waals surface area contributed by atoms with Crippen LogP contribution >= 0.6 is 35.0 Å². The third kappa shape index (κ3) is 4.00. The molecule has 0 bridgehead atoms. The first-order valence-corrected chi connectivity index (χ1v) is 6.91. The van der Waals surface area contributed by atoms with Crippen LogP contribution in [-0.4, -0.2) is 11.5 Å². The second-order valence-electron chi connectivity index (χ2n) is 3.52. The molecule has 0 aliphatic heterocycles. The van der Waals surface area contributed by atoms with Gasteiger partial charge in [-0.05, 0) is 30.4 Å². The second kappa shape index (κ2) is 6.53. The minimum atomic E-state index is 0.178. The quantitative estimate of drug-likeness (QED) is 0.771. The number of hydrogen-bond acceptors (Lipinski definition) is 2. The second-order valence-corrected chi connectivity index (χ2v) is 5.82. The van der Waals surface area contributed by atoms with Crippen LogP contribution in [0.4, 0.5) is 0 Å². The summed E-state index contributed by atoms with van der Waals surface area (Å²) in [5, 5.41) is 1.27. The van der Waals surface area contributed by atoms with Crippen molar-refractivity contribution in [3.8, 4) is 0 Å². The molecule has 1 aromatic rings. The highest BCUT2D eigenvalue weighted by molar-refractivity contribution is 7.99. The summed E-state index contributed by atoms with van der Waals surface area (Å²) < 4.78 is 0. The minimum Gasteiger partial charge on any atom is -0.300 e. The Morgan fingerprint density at radius 1 is 1.38 bits per heavy atom. The normalized spacial score (nSPS) is 12.5. The summed E-state index contributed by atoms with van der Waals surface area (Å²) >= 11 is 13.6. The maximum absolute atomic E-state index is 11.2. The Morgan fingerprint density at radius 2 is 2.06 bits per heavy atom. The molecule has 0 saturated heterocycles. The van der Waals surface area contributed by atoms with Gasteiger partial charge in [0.2, 0.25) is 0 Å². The van der Waals surface area contributed by atoms with E-state index < -0.39 is 0 Å². The highest BCUT2D eigenvalue weighted by Crippen LogP contribution is 2.35. The van der Waals surface area contributed by atoms with Gasteiger partial charge in [0.1, 0.15) is 5.78 Å². The Morgan fingerprint density at radius 3 is 2.56 bits per heavy atom. The third-order valence-corrected chi connectivity index (χ3v) is 4.07. The first-order chi connectivity index (χ1) is 7.54. The van der Waals surface area contributed by atoms with E-state index in [9.17, 15) is 4.79 Å². The summed E-state index contributed by atoms with van der Waals surface area (Å²) in [6.45, 7) is 3.69. The number of Topliss-reactive ketones (excluding diaryl/α,β-unsaturated/α-hetero) is 1. The molecule has 0 unspecified atom stereocenters. The lowest BCUT2D eigenvalue weighted by Crippen LogP contribution is -2.01. The van der Waals surface area contributed by atoms with Crippen LogP contribution < -0.4 is 0 Å². The van der Waals surface area contributed by atoms with Crippen LogP contribution in [-0.2, 0) is 4.79 Å². The molecule has 0 heterocycles. The molecule has 1 rings (SSSR count). The average molecular weight is 277 g/mol. The smallest absolute Gasteiger partial charge is 0.131 e. The average Bonchev–Trinajstić information content (AvgIpc) is 2.21. The number of hydrogen-bond donors (Lipinski definition) is 0. The van der Waals surface area contributed by atoms with E-state index in [1.54, 1.807) is 24.8 Å². The van der Waals surface area contributed by atoms with Crippen molar-refractivity contribution in [2.24, 2.45) is 0 Å². The zero-order chi connectivity index (χ0) is 12.1. The summed E-state index contributed by atoms with van der Waals surface area (Å²) in [6.07, 6.45) is 0.538. The Kier molecular flexibility index (Phi) is 5.67. The number of carbonyl (C=O) groups is 1. The first kappa shape index (κ1) is 13.9. The zero-order valence-corrected chi connectivity index (χ0v) is 11.6. The molecule has 0 fully saturated rings. The highest BCUT2D eigenvalue weighted by Gasteiger charge is 2.14. The predicted octanol–water partition coefficient (Wildman–Crippen LogP) is 4.77. The Hall–Kier alpha value is -0.180. The number of thioether (sulfide) groups is 1. The Balaban J connectivity index is 2.91. The van der Waals surface area contributed by atoms with Crippen molar-refractivity contribution in [1.82, 2.24) is 0 Å². The van der Waals surface area contributed by atoms with Gasteiger partial charge in [-0.3, -0.25) is 4.79 Å². The zero-order valence-electron chi connectivity index (χ0n) is 9.30. The number of carbonyl (C=O) groups excluding carboxylic acids is 1. The van der Waals surface area contributed by atoms with E-state index in [1.165, 1.54) is 0 Å². The highest BCUT2D eigenvalue weighted by atomic mass is 35.5. The molecule has 0 N–H and O–H groups in total. The maximum Gasteiger partial charge on any atom is 0.131 e. The van der Waals surface area contributed by atoms with Crippen molar-refractivity contribution in [3.05, 3.63) is 33.8 Å². The lowest BCUT2D eigenvalue weighted by molar-refractivity contribution is -0.117. The molecule has 1 atom stereocenters. The summed E-state index contributed by atoms with van der Waals surface area (Å²) in [4.78, 5) is 11.2. The van der Waals surface area contributed by atoms with Crippen molar-refractivity contribution in [2.75, 3.05) is 5.75 Å². The molecule has 0 amide bonds. The summed E-state index contributed by atoms with van der Waals surface area (Å²) in [5.74, 6) is 1.16. The number of rotatable bonds is 5. The Bertz CT molecular complexity index is 379. The molecule has 1 aromatic carbocycles. The molecule has 0 aliphatic rings. The van der Waals surface area contributed by atoms with Gasteiger partial charge in [0.15, 0.2) is 0 Å².